The van der Waals surface area contributed by atoms with E-state index in [4.69, 9.17) is 30.9 Å². The van der Waals surface area contributed by atoms with Crippen LogP contribution in [0.1, 0.15) is 0 Å². The van der Waals surface area contributed by atoms with Crippen LogP contribution in [0.25, 0.3) is 0 Å². The number of nitrogens with one attached hydrogen (secondary N) is 3. The van der Waals surface area contributed by atoms with Gasteiger partial charge in [-0.3, -0.25) is 16.2 Å². The predicted octanol–water partition coefficient (Wildman–Crippen LogP) is -4.29. The molecule has 0 aliphatic carbocycles. The van der Waals surface area contributed by atoms with E-state index in [1.165, 1.54) is 0 Å². The van der Waals surface area contributed by atoms with Crippen molar-refractivity contribution >= 4 is 26.5 Å². The number of hydrogen-bond acceptors (Lipinski definition) is 6. The first kappa shape index (κ1) is 23.7. The largest absolute Gasteiger partial charge is 0.370 e. The maximum absolute atomic E-state index is 7.23. The van der Waals surface area contributed by atoms with Gasteiger partial charge in [-0.05, 0) is 0 Å². The first-order chi connectivity index (χ1) is 6.93. The van der Waals surface area contributed by atoms with E-state index < -0.39 is 8.60 Å². The molecule has 0 fully saturated rings. The van der Waals surface area contributed by atoms with E-state index in [1.54, 1.807) is 0 Å². The zero-order valence-electron chi connectivity index (χ0n) is 8.25. The Bertz CT molecular complexity index is 153. The zero-order chi connectivity index (χ0) is 14.3. The third-order valence-electron chi connectivity index (χ3n) is 0. The van der Waals surface area contributed by atoms with Crippen LogP contribution in [0.4, 0.5) is 0 Å². The van der Waals surface area contributed by atoms with Crippen LogP contribution in [0.15, 0.2) is 0 Å². The first-order valence-corrected chi connectivity index (χ1v) is 4.28. The average Bonchev–Trinajstić information content (AvgIpc) is 1.76. The number of rotatable bonds is 0. The van der Waals surface area contributed by atoms with Gasteiger partial charge in [-0.1, -0.05) is 0 Å². The van der Waals surface area contributed by atoms with E-state index in [-0.39, 0.29) is 17.9 Å². The first-order valence-electron chi connectivity index (χ1n) is 3.08. The molecule has 0 saturated heterocycles. The molecule has 0 amide bonds. The van der Waals surface area contributed by atoms with E-state index in [0.29, 0.717) is 0 Å². The van der Waals surface area contributed by atoms with Crippen LogP contribution in [0.3, 0.4) is 0 Å². The average molecular weight is 259 g/mol. The molecular weight excluding hydrogens is 241 g/mol. The van der Waals surface area contributed by atoms with E-state index in [2.05, 4.69) is 34.4 Å². The Morgan fingerprint density at radius 3 is 0.625 bits per heavy atom. The van der Waals surface area contributed by atoms with E-state index >= 15 is 0 Å². The molecule has 0 unspecified atom stereocenters. The van der Waals surface area contributed by atoms with Gasteiger partial charge in [0.25, 0.3) is 0 Å². The van der Waals surface area contributed by atoms with Gasteiger partial charge >= 0.3 is 8.60 Å². The zero-order valence-corrected chi connectivity index (χ0v) is 9.15. The summed E-state index contributed by atoms with van der Waals surface area (Å²) in [6, 6.07) is 0. The van der Waals surface area contributed by atoms with Gasteiger partial charge in [0.2, 0.25) is 0 Å². The highest BCUT2D eigenvalue weighted by Crippen LogP contribution is 2.11. The lowest BCUT2D eigenvalue weighted by molar-refractivity contribution is 0.368. The lowest BCUT2D eigenvalue weighted by atomic mass is 11.1. The smallest absolute Gasteiger partial charge is 0.324 e. The molecule has 0 spiro atoms. The molecule has 13 heteroatoms. The van der Waals surface area contributed by atoms with Crippen molar-refractivity contribution < 1.29 is 14.7 Å². The van der Waals surface area contributed by atoms with Crippen molar-refractivity contribution in [3.05, 3.63) is 0 Å². The van der Waals surface area contributed by atoms with Gasteiger partial charge in [0, 0.05) is 0 Å². The minimum Gasteiger partial charge on any atom is -0.370 e. The Hall–Kier alpha value is -1.88. The third-order valence-corrected chi connectivity index (χ3v) is 0. The maximum Gasteiger partial charge on any atom is 0.324 e. The normalized spacial score (nSPS) is 6.75. The van der Waals surface area contributed by atoms with Crippen molar-refractivity contribution in [2.45, 2.75) is 0 Å². The Labute approximate surface area is 92.7 Å². The van der Waals surface area contributed by atoms with Crippen LogP contribution in [0.5, 0.6) is 0 Å². The molecule has 0 rings (SSSR count). The molecular formula is C3H18N9O3P. The van der Waals surface area contributed by atoms with E-state index in [9.17, 15) is 0 Å². The van der Waals surface area contributed by atoms with Gasteiger partial charge in [0.15, 0.2) is 17.9 Å². The topological polar surface area (TPSA) is 288 Å². The number of hydrogen-bond donors (Lipinski definition) is 12. The molecule has 0 radical (unpaired) electrons. The van der Waals surface area contributed by atoms with Crippen LogP contribution in [-0.4, -0.2) is 32.6 Å². The molecule has 0 aromatic heterocycles. The molecule has 98 valence electrons. The molecule has 0 saturated carbocycles. The summed E-state index contributed by atoms with van der Waals surface area (Å²) in [6.07, 6.45) is 0. The van der Waals surface area contributed by atoms with E-state index in [0.717, 1.165) is 0 Å². The molecule has 0 bridgehead atoms. The quantitative estimate of drug-likeness (QED) is 0.113. The van der Waals surface area contributed by atoms with Crippen molar-refractivity contribution in [2.24, 2.45) is 34.4 Å². The molecule has 16 heavy (non-hydrogen) atoms. The second-order valence-electron chi connectivity index (χ2n) is 1.63. The maximum atomic E-state index is 7.23. The van der Waals surface area contributed by atoms with Gasteiger partial charge in [-0.25, -0.2) is 0 Å². The van der Waals surface area contributed by atoms with Crippen molar-refractivity contribution in [2.75, 3.05) is 0 Å². The summed E-state index contributed by atoms with van der Waals surface area (Å²) >= 11 is 0. The molecule has 0 aliphatic rings. The SMILES string of the molecule is N=C(N)N.N=C(N)N.N=C(N)N.OP(O)O. The summed E-state index contributed by atoms with van der Waals surface area (Å²) in [5.74, 6) is -1.000. The monoisotopic (exact) mass is 259 g/mol. The Kier molecular flexibility index (Phi) is 27.9. The molecule has 12 nitrogen and oxygen atoms in total. The highest BCUT2D eigenvalue weighted by atomic mass is 31.2. The Balaban J connectivity index is -0.0000000600. The molecule has 0 aromatic carbocycles. The van der Waals surface area contributed by atoms with Gasteiger partial charge in [-0.15, -0.1) is 0 Å². The third kappa shape index (κ3) is 424. The van der Waals surface area contributed by atoms with Gasteiger partial charge < -0.3 is 49.1 Å². The second-order valence-corrected chi connectivity index (χ2v) is 2.17. The number of guanidine groups is 3. The van der Waals surface area contributed by atoms with Crippen LogP contribution in [-0.2, 0) is 0 Å². The second kappa shape index (κ2) is 18.8. The van der Waals surface area contributed by atoms with Crippen LogP contribution in [0, 0.1) is 16.2 Å². The van der Waals surface area contributed by atoms with Crippen molar-refractivity contribution in [1.82, 2.24) is 0 Å². The van der Waals surface area contributed by atoms with E-state index in [1.807, 2.05) is 0 Å². The molecule has 0 heterocycles. The number of nitrogens with two attached hydrogens (primary N) is 6. The molecule has 0 aliphatic heterocycles. The Morgan fingerprint density at radius 1 is 0.625 bits per heavy atom. The molecule has 0 aromatic rings. The van der Waals surface area contributed by atoms with Crippen LogP contribution in [0.2, 0.25) is 0 Å². The summed E-state index contributed by atoms with van der Waals surface area (Å²) in [4.78, 5) is 21.7. The lowest BCUT2D eigenvalue weighted by Crippen LogP contribution is -2.20. The molecule has 18 N–H and O–H groups in total. The van der Waals surface area contributed by atoms with Crippen molar-refractivity contribution in [1.29, 1.82) is 16.2 Å². The fourth-order valence-corrected chi connectivity index (χ4v) is 0. The van der Waals surface area contributed by atoms with Gasteiger partial charge in [-0.2, -0.15) is 0 Å². The lowest BCUT2D eigenvalue weighted by Gasteiger charge is -1.76. The standard InChI is InChI=1S/3CH5N3.H3O3P/c3*2-1(3)4;1-4(2)3/h3*(H5,2,3,4);1-3H. The summed E-state index contributed by atoms with van der Waals surface area (Å²) in [5, 5.41) is 18.2. The van der Waals surface area contributed by atoms with Crippen LogP contribution >= 0.6 is 8.60 Å². The summed E-state index contributed by atoms with van der Waals surface area (Å²) < 4.78 is 0. The van der Waals surface area contributed by atoms with Crippen molar-refractivity contribution in [3.8, 4) is 0 Å². The Morgan fingerprint density at radius 2 is 0.625 bits per heavy atom. The minimum atomic E-state index is -2.62. The minimum absolute atomic E-state index is 0.333. The fourth-order valence-electron chi connectivity index (χ4n) is 0. The fraction of sp³-hybridized carbons (Fsp3) is 0. The molecule has 0 atom stereocenters. The predicted molar refractivity (Wildman–Crippen MR) is 61.9 cm³/mol. The summed E-state index contributed by atoms with van der Waals surface area (Å²) in [6.45, 7) is 0. The van der Waals surface area contributed by atoms with Gasteiger partial charge in [0.1, 0.15) is 0 Å². The van der Waals surface area contributed by atoms with Crippen molar-refractivity contribution in [3.63, 3.8) is 0 Å². The summed E-state index contributed by atoms with van der Waals surface area (Å²) in [7, 11) is -2.62. The highest BCUT2D eigenvalue weighted by Gasteiger charge is 1.76. The van der Waals surface area contributed by atoms with Crippen LogP contribution < -0.4 is 34.4 Å². The summed E-state index contributed by atoms with van der Waals surface area (Å²) in [5.41, 5.74) is 26.8. The van der Waals surface area contributed by atoms with Gasteiger partial charge in [0.05, 0.1) is 0 Å². The highest BCUT2D eigenvalue weighted by molar-refractivity contribution is 7.38.